The van der Waals surface area contributed by atoms with Gasteiger partial charge in [0.1, 0.15) is 11.6 Å². The summed E-state index contributed by atoms with van der Waals surface area (Å²) in [6.07, 6.45) is 1.40. The topological polar surface area (TPSA) is 127 Å². The number of halogens is 4. The quantitative estimate of drug-likeness (QED) is 0.368. The van der Waals surface area contributed by atoms with Crippen molar-refractivity contribution in [3.8, 4) is 10.8 Å². The molecule has 0 spiro atoms. The lowest BCUT2D eigenvalue weighted by Crippen LogP contribution is -2.39. The van der Waals surface area contributed by atoms with Crippen LogP contribution in [0, 0.1) is 5.82 Å². The van der Waals surface area contributed by atoms with Crippen LogP contribution in [0.3, 0.4) is 0 Å². The second-order valence-corrected chi connectivity index (χ2v) is 14.9. The van der Waals surface area contributed by atoms with Crippen LogP contribution in [0.5, 0.6) is 0 Å². The fourth-order valence-corrected chi connectivity index (χ4v) is 7.75. The Kier molecular flexibility index (Phi) is 7.10. The van der Waals surface area contributed by atoms with E-state index < -0.39 is 59.7 Å². The molecule has 3 aromatic heterocycles. The molecule has 1 aliphatic carbocycles. The van der Waals surface area contributed by atoms with Gasteiger partial charge in [0.2, 0.25) is 20.0 Å². The summed E-state index contributed by atoms with van der Waals surface area (Å²) in [5.41, 5.74) is -0.983. The molecular formula is C22H24F4N6O4S3. The molecule has 17 heteroatoms. The summed E-state index contributed by atoms with van der Waals surface area (Å²) in [6, 6.07) is 0. The standard InChI is InChI=1S/C22H24F4N6O4S3/c1-12(2)39(35,36)31-7-3-13(4-8-31)16-14-9-27-19(21-29-28-20(37-21)18(25)26)32(14)10-15(17(16)24)38(33,34)30-22(11-23)5-6-22/h3,9-10,12,18,30H,4-8,11H2,1-2H3. The van der Waals surface area contributed by atoms with E-state index in [0.717, 1.165) is 6.20 Å². The summed E-state index contributed by atoms with van der Waals surface area (Å²) in [6.45, 7) is 2.10. The zero-order chi connectivity index (χ0) is 28.3. The molecule has 0 aromatic carbocycles. The first-order valence-corrected chi connectivity index (χ1v) is 15.7. The van der Waals surface area contributed by atoms with Crippen LogP contribution < -0.4 is 4.72 Å². The Balaban J connectivity index is 1.67. The van der Waals surface area contributed by atoms with Crippen LogP contribution in [0.15, 0.2) is 23.4 Å². The number of rotatable bonds is 9. The monoisotopic (exact) mass is 608 g/mol. The first-order valence-electron chi connectivity index (χ1n) is 11.9. The Bertz CT molecular complexity index is 1680. The first-order chi connectivity index (χ1) is 18.3. The first kappa shape index (κ1) is 28.1. The molecule has 0 bridgehead atoms. The van der Waals surface area contributed by atoms with Crippen LogP contribution in [0.1, 0.15) is 50.1 Å². The number of hydrogen-bond acceptors (Lipinski definition) is 8. The van der Waals surface area contributed by atoms with Gasteiger partial charge in [0.05, 0.1) is 22.5 Å². The number of nitrogens with one attached hydrogen (secondary N) is 1. The van der Waals surface area contributed by atoms with Crippen LogP contribution in [-0.4, -0.2) is 71.3 Å². The highest BCUT2D eigenvalue weighted by Gasteiger charge is 2.47. The maximum Gasteiger partial charge on any atom is 0.291 e. The molecule has 39 heavy (non-hydrogen) atoms. The van der Waals surface area contributed by atoms with Crippen molar-refractivity contribution in [1.29, 1.82) is 0 Å². The molecule has 0 saturated heterocycles. The molecule has 1 N–H and O–H groups in total. The summed E-state index contributed by atoms with van der Waals surface area (Å²) in [7, 11) is -8.16. The number of aromatic nitrogens is 4. The molecule has 0 amide bonds. The molecule has 5 rings (SSSR count). The van der Waals surface area contributed by atoms with Gasteiger partial charge < -0.3 is 0 Å². The summed E-state index contributed by atoms with van der Waals surface area (Å²) in [5.74, 6) is -1.16. The van der Waals surface area contributed by atoms with E-state index in [4.69, 9.17) is 0 Å². The highest BCUT2D eigenvalue weighted by atomic mass is 32.2. The van der Waals surface area contributed by atoms with Gasteiger partial charge in [-0.15, -0.1) is 10.2 Å². The maximum absolute atomic E-state index is 16.1. The second kappa shape index (κ2) is 9.87. The molecule has 10 nitrogen and oxygen atoms in total. The van der Waals surface area contributed by atoms with E-state index in [0.29, 0.717) is 16.9 Å². The van der Waals surface area contributed by atoms with Crippen molar-refractivity contribution < 1.29 is 34.4 Å². The molecule has 1 aliphatic heterocycles. The Morgan fingerprint density at radius 1 is 1.18 bits per heavy atom. The van der Waals surface area contributed by atoms with E-state index in [-0.39, 0.29) is 54.3 Å². The highest BCUT2D eigenvalue weighted by Crippen LogP contribution is 2.40. The second-order valence-electron chi connectivity index (χ2n) is 9.72. The Morgan fingerprint density at radius 2 is 1.90 bits per heavy atom. The number of imidazole rings is 1. The number of sulfonamides is 2. The van der Waals surface area contributed by atoms with E-state index >= 15 is 4.39 Å². The van der Waals surface area contributed by atoms with Crippen molar-refractivity contribution in [2.45, 2.75) is 55.2 Å². The lowest BCUT2D eigenvalue weighted by molar-refractivity contribution is 0.150. The fraction of sp³-hybridized carbons (Fsp3) is 0.500. The van der Waals surface area contributed by atoms with Crippen LogP contribution in [0.2, 0.25) is 0 Å². The average molecular weight is 609 g/mol. The zero-order valence-corrected chi connectivity index (χ0v) is 23.2. The summed E-state index contributed by atoms with van der Waals surface area (Å²) in [5, 5.41) is 5.89. The van der Waals surface area contributed by atoms with E-state index in [1.165, 1.54) is 21.0 Å². The van der Waals surface area contributed by atoms with Gasteiger partial charge >= 0.3 is 0 Å². The summed E-state index contributed by atoms with van der Waals surface area (Å²) >= 11 is 0.550. The van der Waals surface area contributed by atoms with Crippen molar-refractivity contribution in [2.75, 3.05) is 19.8 Å². The van der Waals surface area contributed by atoms with Crippen molar-refractivity contribution in [1.82, 2.24) is 28.6 Å². The third-order valence-electron chi connectivity index (χ3n) is 6.75. The van der Waals surface area contributed by atoms with Crippen molar-refractivity contribution >= 4 is 42.5 Å². The maximum atomic E-state index is 16.1. The van der Waals surface area contributed by atoms with Gasteiger partial charge in [-0.1, -0.05) is 17.4 Å². The molecule has 0 radical (unpaired) electrons. The van der Waals surface area contributed by atoms with E-state index in [2.05, 4.69) is 19.9 Å². The number of fused-ring (bicyclic) bond motifs is 1. The Morgan fingerprint density at radius 3 is 2.44 bits per heavy atom. The van der Waals surface area contributed by atoms with Crippen LogP contribution in [0.4, 0.5) is 17.6 Å². The molecule has 4 heterocycles. The fourth-order valence-electron chi connectivity index (χ4n) is 4.31. The van der Waals surface area contributed by atoms with Crippen LogP contribution in [-0.2, 0) is 20.0 Å². The number of hydrogen-bond donors (Lipinski definition) is 1. The zero-order valence-electron chi connectivity index (χ0n) is 20.7. The predicted molar refractivity (Wildman–Crippen MR) is 135 cm³/mol. The third kappa shape index (κ3) is 4.98. The largest absolute Gasteiger partial charge is 0.296 e. The van der Waals surface area contributed by atoms with Crippen molar-refractivity contribution in [3.05, 3.63) is 34.9 Å². The van der Waals surface area contributed by atoms with Gasteiger partial charge in [-0.25, -0.2) is 44.1 Å². The van der Waals surface area contributed by atoms with Crippen molar-refractivity contribution in [3.63, 3.8) is 0 Å². The van der Waals surface area contributed by atoms with Crippen LogP contribution in [0.25, 0.3) is 21.9 Å². The molecule has 3 aromatic rings. The summed E-state index contributed by atoms with van der Waals surface area (Å²) in [4.78, 5) is 3.40. The lowest BCUT2D eigenvalue weighted by Gasteiger charge is -2.28. The van der Waals surface area contributed by atoms with Crippen LogP contribution >= 0.6 is 11.3 Å². The lowest BCUT2D eigenvalue weighted by atomic mass is 9.99. The Hall–Kier alpha value is -2.47. The van der Waals surface area contributed by atoms with Gasteiger partial charge in [-0.3, -0.25) is 4.40 Å². The minimum absolute atomic E-state index is 0.0350. The molecule has 212 valence electrons. The van der Waals surface area contributed by atoms with Crippen molar-refractivity contribution in [2.24, 2.45) is 0 Å². The van der Waals surface area contributed by atoms with Gasteiger partial charge in [0.25, 0.3) is 6.43 Å². The highest BCUT2D eigenvalue weighted by molar-refractivity contribution is 7.89. The normalized spacial score (nSPS) is 18.3. The Labute approximate surface area is 225 Å². The van der Waals surface area contributed by atoms with E-state index in [1.807, 2.05) is 0 Å². The summed E-state index contributed by atoms with van der Waals surface area (Å²) < 4.78 is 112. The minimum atomic E-state index is -4.58. The molecule has 1 fully saturated rings. The van der Waals surface area contributed by atoms with Gasteiger partial charge in [-0.05, 0) is 38.7 Å². The number of pyridine rings is 1. The smallest absolute Gasteiger partial charge is 0.291 e. The predicted octanol–water partition coefficient (Wildman–Crippen LogP) is 3.54. The molecule has 0 atom stereocenters. The third-order valence-corrected chi connectivity index (χ3v) is 11.5. The van der Waals surface area contributed by atoms with Gasteiger partial charge in [0.15, 0.2) is 21.7 Å². The number of nitrogens with zero attached hydrogens (tertiary/aromatic N) is 5. The van der Waals surface area contributed by atoms with E-state index in [9.17, 15) is 30.0 Å². The van der Waals surface area contributed by atoms with Gasteiger partial charge in [0, 0.05) is 24.8 Å². The average Bonchev–Trinajstić information content (AvgIpc) is 3.26. The molecule has 0 unspecified atom stereocenters. The SMILES string of the molecule is CC(C)S(=O)(=O)N1CC=C(c2c(F)c(S(=O)(=O)NC3(CF)CC3)cn3c(-c4nnc(C(F)F)s4)ncc23)CC1. The molecule has 2 aliphatic rings. The molecular weight excluding hydrogens is 584 g/mol. The molecule has 1 saturated carbocycles. The van der Waals surface area contributed by atoms with E-state index in [1.54, 1.807) is 13.8 Å². The number of alkyl halides is 3. The minimum Gasteiger partial charge on any atom is -0.296 e. The van der Waals surface area contributed by atoms with Gasteiger partial charge in [-0.2, -0.15) is 4.31 Å².